The smallest absolute Gasteiger partial charge is 0.332 e. The summed E-state index contributed by atoms with van der Waals surface area (Å²) < 4.78 is 16.4. The molecule has 0 rings (SSSR count). The Kier molecular flexibility index (Phi) is 17.2. The lowest BCUT2D eigenvalue weighted by atomic mass is 10.1. The first kappa shape index (κ1) is 26.8. The van der Waals surface area contributed by atoms with Crippen LogP contribution < -0.4 is 5.32 Å². The Morgan fingerprint density at radius 1 is 0.964 bits per heavy atom. The topological polar surface area (TPSA) is 75.6 Å². The second kappa shape index (κ2) is 17.9. The Hall–Kier alpha value is -1.16. The molecule has 2 N–H and O–H groups in total. The molecular formula is C22H40NO4P. The number of nitrogens with one attached hydrogen (secondary N) is 1. The summed E-state index contributed by atoms with van der Waals surface area (Å²) in [5.41, 5.74) is -0.469. The maximum absolute atomic E-state index is 11.7. The average molecular weight is 414 g/mol. The van der Waals surface area contributed by atoms with Crippen LogP contribution in [-0.4, -0.2) is 23.2 Å². The highest BCUT2D eigenvalue weighted by Gasteiger charge is 2.24. The largest absolute Gasteiger partial charge is 0.333 e. The number of unbranched alkanes of at least 4 members (excludes halogenated alkanes) is 5. The van der Waals surface area contributed by atoms with Crippen LogP contribution in [0, 0.1) is 0 Å². The third-order valence-corrected chi connectivity index (χ3v) is 6.03. The molecule has 5 nitrogen and oxygen atoms in total. The number of allylic oxidation sites excluding steroid dienone is 6. The van der Waals surface area contributed by atoms with Gasteiger partial charge in [-0.2, -0.15) is 0 Å². The number of hydrogen-bond acceptors (Lipinski definition) is 3. The number of carbonyl (C=O) groups is 1. The lowest BCUT2D eigenvalue weighted by molar-refractivity contribution is -0.122. The molecule has 162 valence electrons. The van der Waals surface area contributed by atoms with Crippen molar-refractivity contribution in [2.24, 2.45) is 0 Å². The fourth-order valence-electron chi connectivity index (χ4n) is 2.35. The molecule has 28 heavy (non-hydrogen) atoms. The van der Waals surface area contributed by atoms with Gasteiger partial charge in [0, 0.05) is 6.42 Å². The maximum atomic E-state index is 11.7. The Balaban J connectivity index is 3.47. The summed E-state index contributed by atoms with van der Waals surface area (Å²) in [6, 6.07) is 0. The molecule has 0 spiro atoms. The van der Waals surface area contributed by atoms with Crippen LogP contribution in [0.25, 0.3) is 0 Å². The summed E-state index contributed by atoms with van der Waals surface area (Å²) in [5, 5.41) is 2.53. The highest BCUT2D eigenvalue weighted by molar-refractivity contribution is 7.53. The summed E-state index contributed by atoms with van der Waals surface area (Å²) in [5.74, 6) is -0.134. The minimum absolute atomic E-state index is 0.134. The maximum Gasteiger partial charge on any atom is 0.332 e. The van der Waals surface area contributed by atoms with Crippen molar-refractivity contribution >= 4 is 13.5 Å². The molecule has 0 fully saturated rings. The Bertz CT molecular complexity index is 527. The van der Waals surface area contributed by atoms with Crippen LogP contribution in [0.2, 0.25) is 0 Å². The predicted molar refractivity (Wildman–Crippen MR) is 118 cm³/mol. The van der Waals surface area contributed by atoms with E-state index in [1.54, 1.807) is 13.8 Å². The van der Waals surface area contributed by atoms with E-state index in [9.17, 15) is 14.3 Å². The normalized spacial score (nSPS) is 14.5. The predicted octanol–water partition coefficient (Wildman–Crippen LogP) is 6.26. The van der Waals surface area contributed by atoms with Crippen LogP contribution in [0.4, 0.5) is 0 Å². The van der Waals surface area contributed by atoms with Crippen LogP contribution in [0.15, 0.2) is 36.5 Å². The van der Waals surface area contributed by atoms with Crippen molar-refractivity contribution in [3.63, 3.8) is 0 Å². The first-order valence-corrected chi connectivity index (χ1v) is 12.2. The van der Waals surface area contributed by atoms with Gasteiger partial charge in [0.2, 0.25) is 5.91 Å². The molecule has 6 heteroatoms. The third kappa shape index (κ3) is 17.0. The quantitative estimate of drug-likeness (QED) is 0.128. The van der Waals surface area contributed by atoms with Gasteiger partial charge in [-0.15, -0.1) is 0 Å². The van der Waals surface area contributed by atoms with Crippen LogP contribution in [0.5, 0.6) is 0 Å². The molecule has 0 aromatic carbocycles. The molecule has 0 saturated carbocycles. The van der Waals surface area contributed by atoms with Gasteiger partial charge in [0.25, 0.3) is 0 Å². The summed E-state index contributed by atoms with van der Waals surface area (Å²) in [7, 11) is -3.61. The molecule has 0 aliphatic rings. The van der Waals surface area contributed by atoms with Gasteiger partial charge in [0.1, 0.15) is 6.73 Å². The molecule has 0 aromatic heterocycles. The van der Waals surface area contributed by atoms with E-state index in [0.29, 0.717) is 6.42 Å². The highest BCUT2D eigenvalue weighted by atomic mass is 31.2. The van der Waals surface area contributed by atoms with Gasteiger partial charge >= 0.3 is 7.60 Å². The van der Waals surface area contributed by atoms with Crippen molar-refractivity contribution in [1.29, 1.82) is 0 Å². The number of amides is 1. The molecule has 0 aromatic rings. The Labute approximate surface area is 171 Å². The molecule has 0 saturated heterocycles. The summed E-state index contributed by atoms with van der Waals surface area (Å²) >= 11 is 0. The summed E-state index contributed by atoms with van der Waals surface area (Å²) in [6.07, 6.45) is 23.2. The van der Waals surface area contributed by atoms with Gasteiger partial charge in [0.05, 0.1) is 5.66 Å². The first-order valence-electron chi connectivity index (χ1n) is 10.6. The van der Waals surface area contributed by atoms with E-state index in [1.807, 2.05) is 0 Å². The number of rotatable bonds is 17. The van der Waals surface area contributed by atoms with Crippen molar-refractivity contribution < 1.29 is 18.8 Å². The van der Waals surface area contributed by atoms with Gasteiger partial charge in [-0.05, 0) is 38.5 Å². The van der Waals surface area contributed by atoms with E-state index >= 15 is 0 Å². The zero-order chi connectivity index (χ0) is 21.1. The van der Waals surface area contributed by atoms with Crippen LogP contribution in [-0.2, 0) is 13.9 Å². The molecule has 0 heterocycles. The zero-order valence-corrected chi connectivity index (χ0v) is 18.8. The van der Waals surface area contributed by atoms with Gasteiger partial charge < -0.3 is 10.2 Å². The molecule has 1 amide bonds. The molecule has 0 aliphatic carbocycles. The Morgan fingerprint density at radius 3 is 2.18 bits per heavy atom. The lowest BCUT2D eigenvalue weighted by Gasteiger charge is -2.15. The SMILES string of the molecule is CC/C=C\C/C=C\C/C=C\CCCCCCCC(=O)NCOP(=O)(O)C(C)C. The molecular weight excluding hydrogens is 373 g/mol. The monoisotopic (exact) mass is 413 g/mol. The van der Waals surface area contributed by atoms with Crippen LogP contribution in [0.3, 0.4) is 0 Å². The average Bonchev–Trinajstić information content (AvgIpc) is 2.64. The lowest BCUT2D eigenvalue weighted by Crippen LogP contribution is -2.25. The molecule has 0 aliphatic heterocycles. The molecule has 0 bridgehead atoms. The van der Waals surface area contributed by atoms with Crippen molar-refractivity contribution in [2.45, 2.75) is 90.6 Å². The zero-order valence-electron chi connectivity index (χ0n) is 17.9. The van der Waals surface area contributed by atoms with Gasteiger partial charge in [-0.1, -0.05) is 76.5 Å². The van der Waals surface area contributed by atoms with E-state index < -0.39 is 13.3 Å². The third-order valence-electron chi connectivity index (χ3n) is 4.23. The van der Waals surface area contributed by atoms with Crippen LogP contribution >= 0.6 is 7.60 Å². The molecule has 1 atom stereocenters. The molecule has 1 unspecified atom stereocenters. The Morgan fingerprint density at radius 2 is 1.54 bits per heavy atom. The minimum Gasteiger partial charge on any atom is -0.333 e. The molecule has 0 radical (unpaired) electrons. The van der Waals surface area contributed by atoms with Gasteiger partial charge in [-0.25, -0.2) is 0 Å². The number of carbonyl (C=O) groups excluding carboxylic acids is 1. The van der Waals surface area contributed by atoms with E-state index in [-0.39, 0.29) is 12.6 Å². The van der Waals surface area contributed by atoms with E-state index in [2.05, 4.69) is 48.7 Å². The standard InChI is InChI=1S/C22H40NO4P/c1-4-5-6-7-8-9-10-11-12-13-14-15-16-17-18-19-22(24)23-20-27-28(25,26)21(2)3/h5-6,8-9,11-12,21H,4,7,10,13-20H2,1-3H3,(H,23,24)(H,25,26)/b6-5-,9-8-,12-11-. The van der Waals surface area contributed by atoms with Crippen molar-refractivity contribution in [1.82, 2.24) is 5.32 Å². The van der Waals surface area contributed by atoms with E-state index in [1.165, 1.54) is 12.8 Å². The van der Waals surface area contributed by atoms with Gasteiger partial charge in [0.15, 0.2) is 0 Å². The van der Waals surface area contributed by atoms with Crippen LogP contribution in [0.1, 0.15) is 85.0 Å². The number of hydrogen-bond donors (Lipinski definition) is 2. The van der Waals surface area contributed by atoms with Gasteiger partial charge in [-0.3, -0.25) is 13.9 Å². The van der Waals surface area contributed by atoms with E-state index in [4.69, 9.17) is 4.52 Å². The minimum atomic E-state index is -3.61. The first-order chi connectivity index (χ1) is 13.4. The second-order valence-corrected chi connectivity index (χ2v) is 9.55. The van der Waals surface area contributed by atoms with E-state index in [0.717, 1.165) is 44.9 Å². The fraction of sp³-hybridized carbons (Fsp3) is 0.682. The van der Waals surface area contributed by atoms with Crippen molar-refractivity contribution in [2.75, 3.05) is 6.73 Å². The summed E-state index contributed by atoms with van der Waals surface area (Å²) in [6.45, 7) is 5.16. The fourth-order valence-corrected chi connectivity index (χ4v) is 2.90. The van der Waals surface area contributed by atoms with Crippen molar-refractivity contribution in [3.8, 4) is 0 Å². The van der Waals surface area contributed by atoms with Crippen molar-refractivity contribution in [3.05, 3.63) is 36.5 Å². The second-order valence-electron chi connectivity index (χ2n) is 7.13. The summed E-state index contributed by atoms with van der Waals surface area (Å²) in [4.78, 5) is 21.1. The highest BCUT2D eigenvalue weighted by Crippen LogP contribution is 2.46.